The molecular formula is C22H21FN4O4S. The van der Waals surface area contributed by atoms with E-state index < -0.39 is 15.8 Å². The number of amides is 1. The third-order valence-electron chi connectivity index (χ3n) is 5.32. The Morgan fingerprint density at radius 3 is 2.50 bits per heavy atom. The third-order valence-corrected chi connectivity index (χ3v) is 6.83. The molecule has 3 aromatic rings. The molecule has 0 fully saturated rings. The lowest BCUT2D eigenvalue weighted by Gasteiger charge is -2.14. The highest BCUT2D eigenvalue weighted by Crippen LogP contribution is 2.35. The van der Waals surface area contributed by atoms with Gasteiger partial charge >= 0.3 is 0 Å². The van der Waals surface area contributed by atoms with Gasteiger partial charge in [0, 0.05) is 18.4 Å². The Morgan fingerprint density at radius 2 is 1.78 bits per heavy atom. The number of halogens is 1. The number of nitrogens with one attached hydrogen (secondary N) is 2. The lowest BCUT2D eigenvalue weighted by Crippen LogP contribution is -2.15. The third kappa shape index (κ3) is 3.89. The molecule has 1 aliphatic heterocycles. The van der Waals surface area contributed by atoms with Crippen LogP contribution in [-0.2, 0) is 14.8 Å². The van der Waals surface area contributed by atoms with Gasteiger partial charge in [-0.2, -0.15) is 9.78 Å². The van der Waals surface area contributed by atoms with Crippen molar-refractivity contribution in [2.24, 2.45) is 0 Å². The molecule has 166 valence electrons. The van der Waals surface area contributed by atoms with E-state index in [0.717, 1.165) is 4.68 Å². The molecule has 32 heavy (non-hydrogen) atoms. The van der Waals surface area contributed by atoms with Crippen LogP contribution < -0.4 is 10.0 Å². The summed E-state index contributed by atoms with van der Waals surface area (Å²) in [7, 11) is -4.01. The molecule has 1 aliphatic rings. The van der Waals surface area contributed by atoms with Gasteiger partial charge < -0.3 is 5.32 Å². The van der Waals surface area contributed by atoms with Crippen LogP contribution in [0.4, 0.5) is 15.9 Å². The van der Waals surface area contributed by atoms with Gasteiger partial charge in [-0.3, -0.25) is 14.3 Å². The van der Waals surface area contributed by atoms with E-state index in [2.05, 4.69) is 15.1 Å². The van der Waals surface area contributed by atoms with Gasteiger partial charge in [-0.05, 0) is 61.7 Å². The van der Waals surface area contributed by atoms with Gasteiger partial charge in [0.05, 0.1) is 16.3 Å². The lowest BCUT2D eigenvalue weighted by atomic mass is 10.0. The number of aromatic nitrogens is 2. The molecule has 0 radical (unpaired) electrons. The summed E-state index contributed by atoms with van der Waals surface area (Å²) in [6, 6.07) is 8.62. The van der Waals surface area contributed by atoms with E-state index in [1.54, 1.807) is 32.9 Å². The number of anilines is 2. The van der Waals surface area contributed by atoms with Gasteiger partial charge in [-0.1, -0.05) is 12.1 Å². The van der Waals surface area contributed by atoms with Crippen LogP contribution in [-0.4, -0.2) is 30.0 Å². The average molecular weight is 456 g/mol. The van der Waals surface area contributed by atoms with Gasteiger partial charge in [0.25, 0.3) is 10.0 Å². The Balaban J connectivity index is 1.81. The van der Waals surface area contributed by atoms with Gasteiger partial charge in [-0.25, -0.2) is 12.8 Å². The van der Waals surface area contributed by atoms with Gasteiger partial charge in [0.15, 0.2) is 0 Å². The Hall–Kier alpha value is -3.53. The van der Waals surface area contributed by atoms with E-state index in [4.69, 9.17) is 0 Å². The van der Waals surface area contributed by atoms with Gasteiger partial charge in [0.2, 0.25) is 11.8 Å². The SMILES string of the molecule is Cc1cc(F)ccc1NS(=O)(=O)c1cc(-c2c(C)nn3c2NC(=O)CCC3=O)ccc1C. The Morgan fingerprint density at radius 1 is 1.03 bits per heavy atom. The van der Waals surface area contributed by atoms with Crippen molar-refractivity contribution in [1.29, 1.82) is 0 Å². The summed E-state index contributed by atoms with van der Waals surface area (Å²) in [6.45, 7) is 4.95. The summed E-state index contributed by atoms with van der Waals surface area (Å²) in [5.74, 6) is -0.866. The van der Waals surface area contributed by atoms with Crippen LogP contribution in [0.3, 0.4) is 0 Å². The molecule has 2 N–H and O–H groups in total. The van der Waals surface area contributed by atoms with E-state index in [9.17, 15) is 22.4 Å². The first-order valence-corrected chi connectivity index (χ1v) is 11.4. The number of carbonyl (C=O) groups excluding carboxylic acids is 2. The Labute approximate surface area is 184 Å². The van der Waals surface area contributed by atoms with Crippen molar-refractivity contribution in [1.82, 2.24) is 9.78 Å². The standard InChI is InChI=1S/C22H21FN4O4S/c1-12-4-5-15(21-14(3)25-27-20(29)9-8-19(28)24-22(21)27)11-18(12)32(30,31)26-17-7-6-16(23)10-13(17)2/h4-7,10-11,26H,8-9H2,1-3H3,(H,24,28). The van der Waals surface area contributed by atoms with Gasteiger partial charge in [-0.15, -0.1) is 0 Å². The molecule has 4 rings (SSSR count). The van der Waals surface area contributed by atoms with Crippen LogP contribution in [0.5, 0.6) is 0 Å². The minimum atomic E-state index is -4.01. The number of benzene rings is 2. The summed E-state index contributed by atoms with van der Waals surface area (Å²) in [5, 5.41) is 6.96. The van der Waals surface area contributed by atoms with E-state index >= 15 is 0 Å². The topological polar surface area (TPSA) is 110 Å². The van der Waals surface area contributed by atoms with E-state index in [1.165, 1.54) is 24.3 Å². The molecule has 2 heterocycles. The predicted octanol–water partition coefficient (Wildman–Crippen LogP) is 3.79. The molecule has 1 amide bonds. The average Bonchev–Trinajstić information content (AvgIpc) is 2.97. The number of carbonyl (C=O) groups is 2. The largest absolute Gasteiger partial charge is 0.310 e. The quantitative estimate of drug-likeness (QED) is 0.621. The van der Waals surface area contributed by atoms with Crippen molar-refractivity contribution in [2.45, 2.75) is 38.5 Å². The molecule has 8 nitrogen and oxygen atoms in total. The Kier molecular flexibility index (Phi) is 5.33. The van der Waals surface area contributed by atoms with Crippen molar-refractivity contribution in [2.75, 3.05) is 10.0 Å². The zero-order valence-electron chi connectivity index (χ0n) is 17.7. The number of nitrogens with zero attached hydrogens (tertiary/aromatic N) is 2. The first-order valence-electron chi connectivity index (χ1n) is 9.89. The fraction of sp³-hybridized carbons (Fsp3) is 0.227. The molecule has 1 aromatic heterocycles. The molecule has 0 saturated carbocycles. The van der Waals surface area contributed by atoms with Crippen molar-refractivity contribution >= 4 is 33.3 Å². The fourth-order valence-electron chi connectivity index (χ4n) is 3.68. The van der Waals surface area contributed by atoms with Crippen molar-refractivity contribution in [3.05, 3.63) is 59.0 Å². The highest BCUT2D eigenvalue weighted by Gasteiger charge is 2.27. The summed E-state index contributed by atoms with van der Waals surface area (Å²) < 4.78 is 43.4. The second kappa shape index (κ2) is 7.86. The molecular weight excluding hydrogens is 435 g/mol. The van der Waals surface area contributed by atoms with E-state index in [0.29, 0.717) is 27.9 Å². The van der Waals surface area contributed by atoms with Gasteiger partial charge in [0.1, 0.15) is 11.6 Å². The maximum atomic E-state index is 13.4. The highest BCUT2D eigenvalue weighted by atomic mass is 32.2. The number of aryl methyl sites for hydroxylation is 3. The van der Waals surface area contributed by atoms with Crippen LogP contribution in [0.1, 0.15) is 34.5 Å². The van der Waals surface area contributed by atoms with Crippen LogP contribution in [0.2, 0.25) is 0 Å². The number of sulfonamides is 1. The number of fused-ring (bicyclic) bond motifs is 1. The minimum absolute atomic E-state index is 0.0179. The van der Waals surface area contributed by atoms with Crippen LogP contribution in [0.15, 0.2) is 41.3 Å². The normalized spacial score (nSPS) is 14.0. The summed E-state index contributed by atoms with van der Waals surface area (Å²) >= 11 is 0. The fourth-order valence-corrected chi connectivity index (χ4v) is 5.08. The molecule has 0 atom stereocenters. The van der Waals surface area contributed by atoms with Crippen molar-refractivity contribution < 1.29 is 22.4 Å². The lowest BCUT2D eigenvalue weighted by molar-refractivity contribution is -0.116. The molecule has 0 aliphatic carbocycles. The van der Waals surface area contributed by atoms with Crippen LogP contribution in [0, 0.1) is 26.6 Å². The first-order chi connectivity index (χ1) is 15.1. The minimum Gasteiger partial charge on any atom is -0.310 e. The summed E-state index contributed by atoms with van der Waals surface area (Å²) in [5.41, 5.74) is 2.65. The first kappa shape index (κ1) is 21.7. The molecule has 0 bridgehead atoms. The number of hydrogen-bond acceptors (Lipinski definition) is 5. The highest BCUT2D eigenvalue weighted by molar-refractivity contribution is 7.92. The maximum absolute atomic E-state index is 13.4. The second-order valence-electron chi connectivity index (χ2n) is 7.71. The number of rotatable bonds is 4. The summed E-state index contributed by atoms with van der Waals surface area (Å²) in [6.07, 6.45) is 0.0863. The van der Waals surface area contributed by atoms with Crippen molar-refractivity contribution in [3.63, 3.8) is 0 Å². The van der Waals surface area contributed by atoms with Crippen LogP contribution >= 0.6 is 0 Å². The second-order valence-corrected chi connectivity index (χ2v) is 9.36. The molecule has 2 aromatic carbocycles. The molecule has 0 saturated heterocycles. The zero-order valence-corrected chi connectivity index (χ0v) is 18.5. The predicted molar refractivity (Wildman–Crippen MR) is 118 cm³/mol. The van der Waals surface area contributed by atoms with E-state index in [1.807, 2.05) is 0 Å². The maximum Gasteiger partial charge on any atom is 0.262 e. The number of hydrogen-bond donors (Lipinski definition) is 2. The Bertz CT molecular complexity index is 1380. The monoisotopic (exact) mass is 456 g/mol. The smallest absolute Gasteiger partial charge is 0.262 e. The van der Waals surface area contributed by atoms with E-state index in [-0.39, 0.29) is 41.1 Å². The van der Waals surface area contributed by atoms with Crippen LogP contribution in [0.25, 0.3) is 11.1 Å². The molecule has 10 heteroatoms. The van der Waals surface area contributed by atoms with Crippen molar-refractivity contribution in [3.8, 4) is 11.1 Å². The molecule has 0 spiro atoms. The zero-order chi connectivity index (χ0) is 23.2. The molecule has 0 unspecified atom stereocenters. The summed E-state index contributed by atoms with van der Waals surface area (Å²) in [4.78, 5) is 24.5.